The van der Waals surface area contributed by atoms with Crippen LogP contribution in [0.4, 0.5) is 5.82 Å². The van der Waals surface area contributed by atoms with Crippen LogP contribution in [0.5, 0.6) is 11.5 Å². The molecule has 1 atom stereocenters. The molecule has 0 fully saturated rings. The summed E-state index contributed by atoms with van der Waals surface area (Å²) in [6.07, 6.45) is 2.03. The van der Waals surface area contributed by atoms with Gasteiger partial charge in [-0.05, 0) is 37.3 Å². The molecule has 0 saturated carbocycles. The number of nitrogens with zero attached hydrogens (tertiary/aromatic N) is 6. The van der Waals surface area contributed by atoms with Gasteiger partial charge in [-0.25, -0.2) is 0 Å². The summed E-state index contributed by atoms with van der Waals surface area (Å²) in [5, 5.41) is 20.1. The van der Waals surface area contributed by atoms with Crippen molar-refractivity contribution in [2.24, 2.45) is 0 Å². The third-order valence-corrected chi connectivity index (χ3v) is 5.25. The van der Waals surface area contributed by atoms with Crippen LogP contribution in [-0.4, -0.2) is 49.7 Å². The van der Waals surface area contributed by atoms with Crippen LogP contribution in [0.2, 0.25) is 0 Å². The summed E-state index contributed by atoms with van der Waals surface area (Å²) in [6, 6.07) is 9.17. The fourth-order valence-electron chi connectivity index (χ4n) is 3.78. The van der Waals surface area contributed by atoms with Crippen LogP contribution in [0.15, 0.2) is 36.5 Å². The second-order valence-electron chi connectivity index (χ2n) is 6.98. The van der Waals surface area contributed by atoms with Crippen molar-refractivity contribution in [3.8, 4) is 17.3 Å². The quantitative estimate of drug-likeness (QED) is 0.554. The Balaban J connectivity index is 1.64. The maximum atomic E-state index is 12.6. The van der Waals surface area contributed by atoms with Crippen LogP contribution in [0.25, 0.3) is 11.5 Å². The molecule has 0 saturated heterocycles. The Morgan fingerprint density at radius 3 is 2.77 bits per heavy atom. The van der Waals surface area contributed by atoms with Crippen LogP contribution >= 0.6 is 0 Å². The number of aryl methyl sites for hydroxylation is 1. The van der Waals surface area contributed by atoms with Gasteiger partial charge in [0.15, 0.2) is 17.3 Å². The maximum Gasteiger partial charge on any atom is 0.226 e. The van der Waals surface area contributed by atoms with E-state index in [1.54, 1.807) is 35.7 Å². The normalized spacial score (nSPS) is 15.7. The molecule has 1 aliphatic heterocycles. The number of ether oxygens (including phenoxy) is 2. The molecular weight excluding hydrogens is 386 g/mol. The van der Waals surface area contributed by atoms with Gasteiger partial charge in [0.25, 0.3) is 0 Å². The highest BCUT2D eigenvalue weighted by atomic mass is 16.5. The van der Waals surface area contributed by atoms with Crippen LogP contribution in [-0.2, 0) is 4.79 Å². The summed E-state index contributed by atoms with van der Waals surface area (Å²) < 4.78 is 14.2. The van der Waals surface area contributed by atoms with Crippen molar-refractivity contribution >= 4 is 17.4 Å². The number of fused-ring (bicyclic) bond motifs is 2. The lowest BCUT2D eigenvalue weighted by Crippen LogP contribution is -2.25. The van der Waals surface area contributed by atoms with Gasteiger partial charge < -0.3 is 14.8 Å². The van der Waals surface area contributed by atoms with Crippen LogP contribution in [0, 0.1) is 6.92 Å². The van der Waals surface area contributed by atoms with Crippen molar-refractivity contribution in [3.05, 3.63) is 53.5 Å². The molecule has 1 N–H and O–H groups in total. The lowest BCUT2D eigenvalue weighted by molar-refractivity contribution is -0.116. The van der Waals surface area contributed by atoms with Crippen LogP contribution in [0.3, 0.4) is 0 Å². The Bertz CT molecular complexity index is 1280. The molecule has 0 spiro atoms. The molecule has 10 heteroatoms. The maximum absolute atomic E-state index is 12.6. The summed E-state index contributed by atoms with van der Waals surface area (Å²) in [7, 11) is 3.22. The zero-order valence-corrected chi connectivity index (χ0v) is 16.7. The smallest absolute Gasteiger partial charge is 0.226 e. The van der Waals surface area contributed by atoms with E-state index in [0.717, 1.165) is 11.1 Å². The second-order valence-corrected chi connectivity index (χ2v) is 6.98. The number of amides is 1. The molecule has 1 amide bonds. The topological polar surface area (TPSA) is 108 Å². The molecule has 0 aliphatic carbocycles. The molecule has 5 rings (SSSR count). The van der Waals surface area contributed by atoms with E-state index in [1.165, 1.54) is 0 Å². The third kappa shape index (κ3) is 2.76. The minimum atomic E-state index is -0.229. The Morgan fingerprint density at radius 1 is 1.10 bits per heavy atom. The number of nitrogens with one attached hydrogen (secondary N) is 1. The minimum Gasteiger partial charge on any atom is -0.497 e. The zero-order valence-electron chi connectivity index (χ0n) is 16.7. The Hall–Kier alpha value is -3.95. The van der Waals surface area contributed by atoms with Gasteiger partial charge in [-0.1, -0.05) is 0 Å². The molecular formula is C20H19N7O3. The number of methoxy groups -OCH3 is 2. The summed E-state index contributed by atoms with van der Waals surface area (Å²) in [4.78, 5) is 12.6. The summed E-state index contributed by atoms with van der Waals surface area (Å²) >= 11 is 0. The predicted octanol–water partition coefficient (Wildman–Crippen LogP) is 2.11. The number of carbonyl (C=O) groups is 1. The van der Waals surface area contributed by atoms with E-state index in [2.05, 4.69) is 25.7 Å². The number of hydrogen-bond acceptors (Lipinski definition) is 7. The van der Waals surface area contributed by atoms with Crippen molar-refractivity contribution in [2.75, 3.05) is 19.5 Å². The highest BCUT2D eigenvalue weighted by Gasteiger charge is 2.32. The second kappa shape index (κ2) is 6.83. The number of rotatable bonds is 4. The molecule has 30 heavy (non-hydrogen) atoms. The fraction of sp³-hybridized carbons (Fsp3) is 0.250. The fourth-order valence-corrected chi connectivity index (χ4v) is 3.78. The van der Waals surface area contributed by atoms with E-state index in [9.17, 15) is 4.79 Å². The molecule has 0 radical (unpaired) electrons. The van der Waals surface area contributed by atoms with Gasteiger partial charge in [0.05, 0.1) is 20.4 Å². The standard InChI is InChI=1S/C20H19N7O3/c1-11-23-24-17-6-7-18(25-26(11)17)27-20-15(10-21-27)13(9-19(28)22-20)14-8-12(29-2)4-5-16(14)30-3/h4-8,10,13H,9H2,1-3H3,(H,22,28)/t13-/m0/s1. The van der Waals surface area contributed by atoms with Crippen molar-refractivity contribution in [1.82, 2.24) is 29.6 Å². The van der Waals surface area contributed by atoms with Gasteiger partial charge in [-0.2, -0.15) is 14.3 Å². The van der Waals surface area contributed by atoms with E-state index in [4.69, 9.17) is 9.47 Å². The Kier molecular flexibility index (Phi) is 4.12. The SMILES string of the molecule is COc1ccc(OC)c([C@@H]2CC(=O)Nc3c2cnn3-c2ccc3nnc(C)n3n2)c1. The largest absolute Gasteiger partial charge is 0.497 e. The number of carbonyl (C=O) groups excluding carboxylic acids is 1. The van der Waals surface area contributed by atoms with Crippen LogP contribution < -0.4 is 14.8 Å². The van der Waals surface area contributed by atoms with Crippen molar-refractivity contribution in [2.45, 2.75) is 19.3 Å². The van der Waals surface area contributed by atoms with E-state index >= 15 is 0 Å². The van der Waals surface area contributed by atoms with Gasteiger partial charge >= 0.3 is 0 Å². The van der Waals surface area contributed by atoms with Crippen LogP contribution in [0.1, 0.15) is 29.3 Å². The van der Waals surface area contributed by atoms with E-state index in [1.807, 2.05) is 31.2 Å². The molecule has 4 aromatic rings. The summed E-state index contributed by atoms with van der Waals surface area (Å²) in [5.74, 6) is 2.84. The molecule has 1 aliphatic rings. The number of hydrogen-bond donors (Lipinski definition) is 1. The van der Waals surface area contributed by atoms with Gasteiger partial charge in [0.2, 0.25) is 5.91 Å². The highest BCUT2D eigenvalue weighted by molar-refractivity contribution is 5.94. The average Bonchev–Trinajstić information content (AvgIpc) is 3.36. The lowest BCUT2D eigenvalue weighted by atomic mass is 9.86. The molecule has 0 bridgehead atoms. The minimum absolute atomic E-state index is 0.110. The molecule has 0 unspecified atom stereocenters. The van der Waals surface area contributed by atoms with Gasteiger partial charge in [-0.15, -0.1) is 15.3 Å². The lowest BCUT2D eigenvalue weighted by Gasteiger charge is -2.25. The third-order valence-electron chi connectivity index (χ3n) is 5.25. The zero-order chi connectivity index (χ0) is 20.8. The molecule has 1 aromatic carbocycles. The van der Waals surface area contributed by atoms with Gasteiger partial charge in [0.1, 0.15) is 17.3 Å². The summed E-state index contributed by atoms with van der Waals surface area (Å²) in [6.45, 7) is 1.82. The van der Waals surface area contributed by atoms with E-state index < -0.39 is 0 Å². The predicted molar refractivity (Wildman–Crippen MR) is 107 cm³/mol. The van der Waals surface area contributed by atoms with E-state index in [-0.39, 0.29) is 18.2 Å². The van der Waals surface area contributed by atoms with Crippen molar-refractivity contribution in [1.29, 1.82) is 0 Å². The summed E-state index contributed by atoms with van der Waals surface area (Å²) in [5.41, 5.74) is 2.38. The number of benzene rings is 1. The first-order valence-electron chi connectivity index (χ1n) is 9.38. The highest BCUT2D eigenvalue weighted by Crippen LogP contribution is 2.42. The Labute approximate surface area is 171 Å². The molecule has 3 aromatic heterocycles. The number of aromatic nitrogens is 6. The molecule has 10 nitrogen and oxygen atoms in total. The van der Waals surface area contributed by atoms with Gasteiger partial charge in [-0.3, -0.25) is 4.79 Å². The van der Waals surface area contributed by atoms with E-state index in [0.29, 0.717) is 34.6 Å². The Morgan fingerprint density at radius 2 is 1.97 bits per heavy atom. The molecule has 152 valence electrons. The molecule has 4 heterocycles. The first kappa shape index (κ1) is 18.1. The van der Waals surface area contributed by atoms with Crippen molar-refractivity contribution in [3.63, 3.8) is 0 Å². The monoisotopic (exact) mass is 405 g/mol. The first-order chi connectivity index (χ1) is 14.6. The average molecular weight is 405 g/mol. The van der Waals surface area contributed by atoms with Crippen molar-refractivity contribution < 1.29 is 14.3 Å². The van der Waals surface area contributed by atoms with Gasteiger partial charge in [0, 0.05) is 23.5 Å². The first-order valence-corrected chi connectivity index (χ1v) is 9.38. The number of anilines is 1.